The molecule has 1 aromatic rings. The number of carbonyl (C=O) groups is 1. The molecule has 21 heavy (non-hydrogen) atoms. The van der Waals surface area contributed by atoms with E-state index in [4.69, 9.17) is 4.74 Å². The van der Waals surface area contributed by atoms with E-state index in [-0.39, 0.29) is 5.97 Å². The van der Waals surface area contributed by atoms with Crippen LogP contribution in [-0.2, 0) is 22.6 Å². The Hall–Kier alpha value is -1.39. The van der Waals surface area contributed by atoms with Gasteiger partial charge in [0.2, 0.25) is 0 Å². The van der Waals surface area contributed by atoms with Gasteiger partial charge in [-0.15, -0.1) is 0 Å². The van der Waals surface area contributed by atoms with Crippen molar-refractivity contribution in [3.05, 3.63) is 35.4 Å². The average Bonchev–Trinajstić information content (AvgIpc) is 3.16. The Kier molecular flexibility index (Phi) is 4.00. The molecule has 0 spiro atoms. The zero-order valence-corrected chi connectivity index (χ0v) is 12.9. The standard InChI is InChI=1S/C17H24N2O2/c1-3-21-16(20)17(2,18-15-8-9-15)12-19-10-13-6-4-5-7-14(13)11-19/h4-7,15,18H,3,8-12H2,1-2H3. The van der Waals surface area contributed by atoms with Gasteiger partial charge in [0.05, 0.1) is 6.61 Å². The maximum Gasteiger partial charge on any atom is 0.327 e. The Balaban J connectivity index is 1.69. The Labute approximate surface area is 126 Å². The SMILES string of the molecule is CCOC(=O)C(C)(CN1Cc2ccccc2C1)NC1CC1. The molecule has 0 saturated heterocycles. The number of hydrogen-bond donors (Lipinski definition) is 1. The average molecular weight is 288 g/mol. The van der Waals surface area contributed by atoms with Crippen molar-refractivity contribution in [2.45, 2.75) is 51.4 Å². The van der Waals surface area contributed by atoms with E-state index in [1.54, 1.807) is 0 Å². The van der Waals surface area contributed by atoms with Crippen molar-refractivity contribution < 1.29 is 9.53 Å². The Morgan fingerprint density at radius 2 is 1.95 bits per heavy atom. The maximum atomic E-state index is 12.4. The monoisotopic (exact) mass is 288 g/mol. The highest BCUT2D eigenvalue weighted by atomic mass is 16.5. The van der Waals surface area contributed by atoms with Crippen LogP contribution in [0.2, 0.25) is 0 Å². The smallest absolute Gasteiger partial charge is 0.327 e. The molecule has 1 aliphatic carbocycles. The van der Waals surface area contributed by atoms with E-state index in [0.29, 0.717) is 19.2 Å². The molecule has 0 aromatic heterocycles. The lowest BCUT2D eigenvalue weighted by Gasteiger charge is -2.32. The summed E-state index contributed by atoms with van der Waals surface area (Å²) < 4.78 is 5.29. The summed E-state index contributed by atoms with van der Waals surface area (Å²) in [5, 5.41) is 3.49. The predicted octanol–water partition coefficient (Wildman–Crippen LogP) is 2.08. The molecule has 4 heteroatoms. The molecule has 0 amide bonds. The van der Waals surface area contributed by atoms with E-state index in [9.17, 15) is 4.79 Å². The number of esters is 1. The normalized spacial score (nSPS) is 20.9. The second-order valence-electron chi connectivity index (χ2n) is 6.39. The molecule has 3 rings (SSSR count). The largest absolute Gasteiger partial charge is 0.465 e. The molecular weight excluding hydrogens is 264 g/mol. The molecule has 1 N–H and O–H groups in total. The zero-order chi connectivity index (χ0) is 14.9. The van der Waals surface area contributed by atoms with Gasteiger partial charge < -0.3 is 4.74 Å². The molecule has 1 unspecified atom stereocenters. The van der Waals surface area contributed by atoms with Gasteiger partial charge >= 0.3 is 5.97 Å². The van der Waals surface area contributed by atoms with Crippen LogP contribution in [0.1, 0.15) is 37.8 Å². The predicted molar refractivity (Wildman–Crippen MR) is 81.8 cm³/mol. The van der Waals surface area contributed by atoms with Crippen LogP contribution < -0.4 is 5.32 Å². The van der Waals surface area contributed by atoms with Crippen LogP contribution in [-0.4, -0.2) is 35.6 Å². The molecular formula is C17H24N2O2. The molecule has 1 aromatic carbocycles. The third-order valence-corrected chi connectivity index (χ3v) is 4.27. The summed E-state index contributed by atoms with van der Waals surface area (Å²) in [6.07, 6.45) is 2.32. The summed E-state index contributed by atoms with van der Waals surface area (Å²) in [6, 6.07) is 8.98. The second-order valence-corrected chi connectivity index (χ2v) is 6.39. The van der Waals surface area contributed by atoms with Gasteiger partial charge in [0.15, 0.2) is 0 Å². The number of carbonyl (C=O) groups excluding carboxylic acids is 1. The number of nitrogens with zero attached hydrogens (tertiary/aromatic N) is 1. The summed E-state index contributed by atoms with van der Waals surface area (Å²) in [6.45, 7) is 6.79. The van der Waals surface area contributed by atoms with Crippen molar-refractivity contribution in [1.82, 2.24) is 10.2 Å². The highest BCUT2D eigenvalue weighted by molar-refractivity contribution is 5.80. The van der Waals surface area contributed by atoms with E-state index >= 15 is 0 Å². The van der Waals surface area contributed by atoms with Crippen molar-refractivity contribution in [3.8, 4) is 0 Å². The van der Waals surface area contributed by atoms with E-state index in [1.165, 1.54) is 11.1 Å². The van der Waals surface area contributed by atoms with Crippen LogP contribution in [0.4, 0.5) is 0 Å². The lowest BCUT2D eigenvalue weighted by molar-refractivity contribution is -0.151. The van der Waals surface area contributed by atoms with Crippen molar-refractivity contribution >= 4 is 5.97 Å². The summed E-state index contributed by atoms with van der Waals surface area (Å²) in [5.41, 5.74) is 2.13. The molecule has 0 radical (unpaired) electrons. The summed E-state index contributed by atoms with van der Waals surface area (Å²) >= 11 is 0. The van der Waals surface area contributed by atoms with Crippen LogP contribution in [0.25, 0.3) is 0 Å². The third-order valence-electron chi connectivity index (χ3n) is 4.27. The van der Waals surface area contributed by atoms with Gasteiger partial charge in [0, 0.05) is 25.7 Å². The van der Waals surface area contributed by atoms with Gasteiger partial charge in [-0.3, -0.25) is 15.0 Å². The highest BCUT2D eigenvalue weighted by Crippen LogP contribution is 2.27. The highest BCUT2D eigenvalue weighted by Gasteiger charge is 2.41. The Morgan fingerprint density at radius 1 is 1.33 bits per heavy atom. The van der Waals surface area contributed by atoms with Gasteiger partial charge in [0.1, 0.15) is 5.54 Å². The van der Waals surface area contributed by atoms with Crippen LogP contribution in [0.5, 0.6) is 0 Å². The van der Waals surface area contributed by atoms with Crippen LogP contribution in [0.3, 0.4) is 0 Å². The van der Waals surface area contributed by atoms with Gasteiger partial charge in [-0.05, 0) is 37.8 Å². The van der Waals surface area contributed by atoms with Crippen LogP contribution >= 0.6 is 0 Å². The fourth-order valence-electron chi connectivity index (χ4n) is 3.10. The topological polar surface area (TPSA) is 41.6 Å². The number of nitrogens with one attached hydrogen (secondary N) is 1. The number of rotatable bonds is 6. The van der Waals surface area contributed by atoms with Crippen molar-refractivity contribution in [1.29, 1.82) is 0 Å². The molecule has 1 fully saturated rings. The number of benzene rings is 1. The molecule has 1 heterocycles. The van der Waals surface area contributed by atoms with E-state index in [0.717, 1.165) is 25.9 Å². The fourth-order valence-corrected chi connectivity index (χ4v) is 3.10. The minimum absolute atomic E-state index is 0.132. The minimum Gasteiger partial charge on any atom is -0.465 e. The van der Waals surface area contributed by atoms with E-state index < -0.39 is 5.54 Å². The fraction of sp³-hybridized carbons (Fsp3) is 0.588. The quantitative estimate of drug-likeness (QED) is 0.814. The first kappa shape index (κ1) is 14.5. The molecule has 2 aliphatic rings. The number of ether oxygens (including phenoxy) is 1. The van der Waals surface area contributed by atoms with Crippen LogP contribution in [0, 0.1) is 0 Å². The van der Waals surface area contributed by atoms with E-state index in [1.807, 2.05) is 13.8 Å². The maximum absolute atomic E-state index is 12.4. The summed E-state index contributed by atoms with van der Waals surface area (Å²) in [4.78, 5) is 14.7. The van der Waals surface area contributed by atoms with Crippen LogP contribution in [0.15, 0.2) is 24.3 Å². The van der Waals surface area contributed by atoms with Gasteiger partial charge in [-0.2, -0.15) is 0 Å². The first-order valence-electron chi connectivity index (χ1n) is 7.85. The summed E-state index contributed by atoms with van der Waals surface area (Å²) in [7, 11) is 0. The van der Waals surface area contributed by atoms with Crippen molar-refractivity contribution in [2.75, 3.05) is 13.2 Å². The minimum atomic E-state index is -0.612. The first-order chi connectivity index (χ1) is 10.1. The number of hydrogen-bond acceptors (Lipinski definition) is 4. The molecule has 1 saturated carbocycles. The van der Waals surface area contributed by atoms with Gasteiger partial charge in [-0.25, -0.2) is 0 Å². The van der Waals surface area contributed by atoms with E-state index in [2.05, 4.69) is 34.5 Å². The molecule has 4 nitrogen and oxygen atoms in total. The summed E-state index contributed by atoms with van der Waals surface area (Å²) in [5.74, 6) is -0.132. The molecule has 114 valence electrons. The lowest BCUT2D eigenvalue weighted by atomic mass is 10.0. The Bertz CT molecular complexity index is 502. The van der Waals surface area contributed by atoms with Gasteiger partial charge in [-0.1, -0.05) is 24.3 Å². The van der Waals surface area contributed by atoms with Gasteiger partial charge in [0.25, 0.3) is 0 Å². The Morgan fingerprint density at radius 3 is 2.48 bits per heavy atom. The first-order valence-corrected chi connectivity index (χ1v) is 7.85. The lowest BCUT2D eigenvalue weighted by Crippen LogP contribution is -2.57. The van der Waals surface area contributed by atoms with Crippen molar-refractivity contribution in [3.63, 3.8) is 0 Å². The second kappa shape index (κ2) is 5.78. The molecule has 1 aliphatic heterocycles. The zero-order valence-electron chi connectivity index (χ0n) is 12.9. The number of fused-ring (bicyclic) bond motifs is 1. The third kappa shape index (κ3) is 3.27. The van der Waals surface area contributed by atoms with Crippen molar-refractivity contribution in [2.24, 2.45) is 0 Å². The molecule has 1 atom stereocenters. The molecule has 0 bridgehead atoms.